The lowest BCUT2D eigenvalue weighted by Gasteiger charge is -2.41. The lowest BCUT2D eigenvalue weighted by atomic mass is 9.70. The van der Waals surface area contributed by atoms with Gasteiger partial charge in [-0.15, -0.1) is 0 Å². The number of hydrogen-bond acceptors (Lipinski definition) is 8. The van der Waals surface area contributed by atoms with E-state index in [1.54, 1.807) is 18.2 Å². The van der Waals surface area contributed by atoms with Crippen LogP contribution in [0.2, 0.25) is 10.2 Å². The molecule has 1 N–H and O–H groups in total. The number of nitrogens with one attached hydrogen (secondary N) is 1. The Hall–Kier alpha value is -4.13. The number of aromatic nitrogens is 1. The molecule has 6 rings (SSSR count). The van der Waals surface area contributed by atoms with Gasteiger partial charge in [0.05, 0.1) is 28.5 Å². The number of pyridine rings is 1. The van der Waals surface area contributed by atoms with E-state index in [0.717, 1.165) is 13.2 Å². The average Bonchev–Trinajstić information content (AvgIpc) is 3.45. The van der Waals surface area contributed by atoms with Gasteiger partial charge >= 0.3 is 5.97 Å². The summed E-state index contributed by atoms with van der Waals surface area (Å²) < 4.78 is 20.8. The van der Waals surface area contributed by atoms with Crippen LogP contribution in [0.4, 0.5) is 21.6 Å². The summed E-state index contributed by atoms with van der Waals surface area (Å²) in [5.74, 6) is -4.44. The molecule has 0 aliphatic carbocycles. The van der Waals surface area contributed by atoms with Gasteiger partial charge in [0.1, 0.15) is 28.0 Å². The molecule has 2 aromatic carbocycles. The number of ether oxygens (including phenoxy) is 1. The zero-order chi connectivity index (χ0) is 32.4. The van der Waals surface area contributed by atoms with Gasteiger partial charge in [0.25, 0.3) is 11.6 Å². The van der Waals surface area contributed by atoms with Crippen LogP contribution in [0.25, 0.3) is 0 Å². The Balaban J connectivity index is 1.59. The molecule has 1 spiro atoms. The second-order valence-corrected chi connectivity index (χ2v) is 12.5. The maximum Gasteiger partial charge on any atom is 0.338 e. The molecule has 3 aromatic rings. The quantitative estimate of drug-likeness (QED) is 0.158. The first-order valence-corrected chi connectivity index (χ1v) is 15.0. The number of likely N-dealkylation sites (tertiary alicyclic amines) is 1. The van der Waals surface area contributed by atoms with Gasteiger partial charge in [0.15, 0.2) is 0 Å². The molecule has 45 heavy (non-hydrogen) atoms. The van der Waals surface area contributed by atoms with Crippen LogP contribution < -0.4 is 10.2 Å². The number of nitrogens with zero attached hydrogens (tertiary/aromatic N) is 4. The van der Waals surface area contributed by atoms with E-state index in [-0.39, 0.29) is 45.3 Å². The number of benzene rings is 2. The van der Waals surface area contributed by atoms with Crippen molar-refractivity contribution in [3.8, 4) is 0 Å². The standard InChI is InChI=1S/C31H28Cl2FN5O6/c1-15(2)14-38-21-11-12-37(20-9-7-16(29(41)45-3)13-22(20)39(43)44)28(40)24(21)25(17-5-4-6-19(32)26(17)34)31(38)18-8-10-23(33)35-27(18)36-30(31)42/h4-10,13,15,21,24-25H,11-12,14H2,1-3H3,(H,35,36,42)/t21-,24+,25-,31+/m0/s1. The van der Waals surface area contributed by atoms with Crippen molar-refractivity contribution in [1.29, 1.82) is 0 Å². The minimum absolute atomic E-state index is 0.0255. The number of halogens is 3. The van der Waals surface area contributed by atoms with Crippen LogP contribution in [0, 0.1) is 27.8 Å². The highest BCUT2D eigenvalue weighted by molar-refractivity contribution is 6.31. The van der Waals surface area contributed by atoms with Gasteiger partial charge in [0.2, 0.25) is 5.91 Å². The van der Waals surface area contributed by atoms with E-state index in [9.17, 15) is 24.5 Å². The van der Waals surface area contributed by atoms with E-state index in [0.29, 0.717) is 18.5 Å². The molecule has 234 valence electrons. The summed E-state index contributed by atoms with van der Waals surface area (Å²) in [5.41, 5.74) is -1.61. The summed E-state index contributed by atoms with van der Waals surface area (Å²) in [6, 6.07) is 10.9. The Morgan fingerprint density at radius 3 is 2.67 bits per heavy atom. The number of carbonyl (C=O) groups is 3. The molecule has 14 heteroatoms. The number of nitro groups is 1. The molecule has 1 aromatic heterocycles. The number of nitro benzene ring substituents is 1. The maximum absolute atomic E-state index is 16.1. The van der Waals surface area contributed by atoms with Crippen molar-refractivity contribution in [3.05, 3.63) is 91.3 Å². The Morgan fingerprint density at radius 1 is 1.22 bits per heavy atom. The van der Waals surface area contributed by atoms with Gasteiger partial charge in [-0.2, -0.15) is 0 Å². The highest BCUT2D eigenvalue weighted by Crippen LogP contribution is 2.61. The number of amides is 2. The van der Waals surface area contributed by atoms with Crippen LogP contribution in [-0.4, -0.2) is 58.8 Å². The van der Waals surface area contributed by atoms with Crippen LogP contribution in [0.15, 0.2) is 48.5 Å². The van der Waals surface area contributed by atoms with Crippen LogP contribution in [0.5, 0.6) is 0 Å². The molecule has 0 saturated carbocycles. The Bertz CT molecular complexity index is 1770. The molecule has 11 nitrogen and oxygen atoms in total. The molecule has 4 heterocycles. The summed E-state index contributed by atoms with van der Waals surface area (Å²) in [6.07, 6.45) is 0.309. The summed E-state index contributed by atoms with van der Waals surface area (Å²) in [5, 5.41) is 15.0. The van der Waals surface area contributed by atoms with Gasteiger partial charge in [-0.25, -0.2) is 14.2 Å². The van der Waals surface area contributed by atoms with Gasteiger partial charge in [-0.05, 0) is 48.2 Å². The van der Waals surface area contributed by atoms with Gasteiger partial charge in [0, 0.05) is 36.7 Å². The van der Waals surface area contributed by atoms with Crippen molar-refractivity contribution in [2.45, 2.75) is 37.8 Å². The Morgan fingerprint density at radius 2 is 1.98 bits per heavy atom. The Labute approximate surface area is 267 Å². The topological polar surface area (TPSA) is 135 Å². The van der Waals surface area contributed by atoms with Crippen LogP contribution in [-0.2, 0) is 19.9 Å². The average molecular weight is 656 g/mol. The minimum Gasteiger partial charge on any atom is -0.465 e. The van der Waals surface area contributed by atoms with Gasteiger partial charge < -0.3 is 15.0 Å². The smallest absolute Gasteiger partial charge is 0.338 e. The lowest BCUT2D eigenvalue weighted by molar-refractivity contribution is -0.384. The predicted molar refractivity (Wildman–Crippen MR) is 164 cm³/mol. The number of fused-ring (bicyclic) bond motifs is 3. The molecule has 0 unspecified atom stereocenters. The van der Waals surface area contributed by atoms with Crippen molar-refractivity contribution >= 4 is 58.2 Å². The number of piperidine rings is 1. The molecule has 3 aliphatic rings. The van der Waals surface area contributed by atoms with Crippen LogP contribution in [0.1, 0.15) is 47.7 Å². The first kappa shape index (κ1) is 30.9. The SMILES string of the molecule is COC(=O)c1ccc(N2CC[C@H]3[C@@H](C2=O)[C@H](c2cccc(Cl)c2F)[C@]2(C(=O)Nc4nc(Cl)ccc42)N3CC(C)C)c([N+](=O)[O-])c1. The molecule has 4 atom stereocenters. The highest BCUT2D eigenvalue weighted by Gasteiger charge is 2.70. The largest absolute Gasteiger partial charge is 0.465 e. The number of methoxy groups -OCH3 is 1. The van der Waals surface area contributed by atoms with Crippen LogP contribution >= 0.6 is 23.2 Å². The van der Waals surface area contributed by atoms with E-state index in [1.807, 2.05) is 18.7 Å². The number of esters is 1. The van der Waals surface area contributed by atoms with E-state index in [1.165, 1.54) is 29.2 Å². The predicted octanol–water partition coefficient (Wildman–Crippen LogP) is 5.55. The number of rotatable bonds is 6. The molecular formula is C31H28Cl2FN5O6. The lowest BCUT2D eigenvalue weighted by Crippen LogP contribution is -2.54. The zero-order valence-electron chi connectivity index (χ0n) is 24.4. The molecular weight excluding hydrogens is 628 g/mol. The number of hydrogen-bond donors (Lipinski definition) is 1. The van der Waals surface area contributed by atoms with Crippen molar-refractivity contribution in [2.24, 2.45) is 11.8 Å². The first-order valence-electron chi connectivity index (χ1n) is 14.3. The molecule has 2 saturated heterocycles. The molecule has 0 radical (unpaired) electrons. The number of carbonyl (C=O) groups excluding carboxylic acids is 3. The van der Waals surface area contributed by atoms with E-state index >= 15 is 4.39 Å². The first-order chi connectivity index (χ1) is 21.4. The number of anilines is 2. The van der Waals surface area contributed by atoms with Crippen molar-refractivity contribution < 1.29 is 28.4 Å². The molecule has 3 aliphatic heterocycles. The second kappa shape index (κ2) is 11.3. The van der Waals surface area contributed by atoms with E-state index in [4.69, 9.17) is 27.9 Å². The third kappa shape index (κ3) is 4.65. The fourth-order valence-electron chi connectivity index (χ4n) is 7.30. The van der Waals surface area contributed by atoms with Gasteiger partial charge in [-0.3, -0.25) is 24.6 Å². The molecule has 2 amide bonds. The Kier molecular flexibility index (Phi) is 7.78. The third-order valence-electron chi connectivity index (χ3n) is 8.89. The highest BCUT2D eigenvalue weighted by atomic mass is 35.5. The fourth-order valence-corrected chi connectivity index (χ4v) is 7.63. The summed E-state index contributed by atoms with van der Waals surface area (Å²) >= 11 is 12.5. The fraction of sp³-hybridized carbons (Fsp3) is 0.355. The summed E-state index contributed by atoms with van der Waals surface area (Å²) in [7, 11) is 1.16. The van der Waals surface area contributed by atoms with Crippen molar-refractivity contribution in [1.82, 2.24) is 9.88 Å². The summed E-state index contributed by atoms with van der Waals surface area (Å²) in [6.45, 7) is 4.40. The van der Waals surface area contributed by atoms with Crippen molar-refractivity contribution in [2.75, 3.05) is 30.4 Å². The normalized spacial score (nSPS) is 24.2. The third-order valence-corrected chi connectivity index (χ3v) is 9.39. The monoisotopic (exact) mass is 655 g/mol. The van der Waals surface area contributed by atoms with E-state index in [2.05, 4.69) is 10.3 Å². The zero-order valence-corrected chi connectivity index (χ0v) is 25.9. The maximum atomic E-state index is 16.1. The van der Waals surface area contributed by atoms with E-state index < -0.39 is 57.6 Å². The summed E-state index contributed by atoms with van der Waals surface area (Å²) in [4.78, 5) is 60.4. The second-order valence-electron chi connectivity index (χ2n) is 11.7. The molecule has 2 fully saturated rings. The minimum atomic E-state index is -1.58. The molecule has 0 bridgehead atoms. The van der Waals surface area contributed by atoms with Crippen molar-refractivity contribution in [3.63, 3.8) is 0 Å². The van der Waals surface area contributed by atoms with Gasteiger partial charge in [-0.1, -0.05) is 49.2 Å². The van der Waals surface area contributed by atoms with Crippen LogP contribution in [0.3, 0.4) is 0 Å².